The molecule has 7 rings (SSSR count). The molecule has 246 valence electrons. The summed E-state index contributed by atoms with van der Waals surface area (Å²) in [6, 6.07) is 62.7. The fourth-order valence-corrected chi connectivity index (χ4v) is 7.00. The number of benzene rings is 7. The lowest BCUT2D eigenvalue weighted by molar-refractivity contribution is 0.590. The first kappa shape index (κ1) is 33.1. The van der Waals surface area contributed by atoms with Gasteiger partial charge in [0.15, 0.2) is 0 Å². The Hall–Kier alpha value is -5.46. The van der Waals surface area contributed by atoms with E-state index >= 15 is 0 Å². The average molecular weight is 647 g/mol. The minimum atomic E-state index is 0.0735. The van der Waals surface area contributed by atoms with Crippen LogP contribution in [0.1, 0.15) is 52.7 Å². The van der Waals surface area contributed by atoms with Gasteiger partial charge in [0.25, 0.3) is 0 Å². The fourth-order valence-electron chi connectivity index (χ4n) is 7.00. The van der Waals surface area contributed by atoms with E-state index in [9.17, 15) is 0 Å². The molecule has 0 saturated heterocycles. The lowest BCUT2D eigenvalue weighted by atomic mass is 9.80. The Morgan fingerprint density at radius 3 is 0.840 bits per heavy atom. The first-order valence-corrected chi connectivity index (χ1v) is 17.8. The van der Waals surface area contributed by atoms with Crippen molar-refractivity contribution in [1.82, 2.24) is 0 Å². The van der Waals surface area contributed by atoms with Gasteiger partial charge >= 0.3 is 0 Å². The molecule has 7 aromatic rings. The molecule has 0 aliphatic carbocycles. The molecule has 7 aromatic carbocycles. The van der Waals surface area contributed by atoms with Gasteiger partial charge in [-0.3, -0.25) is 0 Å². The summed E-state index contributed by atoms with van der Waals surface area (Å²) in [6.45, 7) is 13.7. The highest BCUT2D eigenvalue weighted by Gasteiger charge is 2.22. The van der Waals surface area contributed by atoms with Gasteiger partial charge in [-0.05, 0) is 101 Å². The highest BCUT2D eigenvalue weighted by atomic mass is 14.3. The predicted molar refractivity (Wildman–Crippen MR) is 216 cm³/mol. The summed E-state index contributed by atoms with van der Waals surface area (Å²) in [7, 11) is 0. The van der Waals surface area contributed by atoms with E-state index in [2.05, 4.69) is 211 Å². The number of rotatable bonds is 6. The molecule has 0 heteroatoms. The molecular formula is C50H46. The summed E-state index contributed by atoms with van der Waals surface area (Å²) in [6.07, 6.45) is 0. The highest BCUT2D eigenvalue weighted by Crippen LogP contribution is 2.47. The van der Waals surface area contributed by atoms with E-state index in [0.717, 1.165) is 0 Å². The molecule has 0 saturated carbocycles. The van der Waals surface area contributed by atoms with Crippen LogP contribution in [0.4, 0.5) is 0 Å². The molecule has 0 unspecified atom stereocenters. The Kier molecular flexibility index (Phi) is 8.89. The Morgan fingerprint density at radius 1 is 0.240 bits per heavy atom. The maximum atomic E-state index is 2.46. The monoisotopic (exact) mass is 646 g/mol. The minimum absolute atomic E-state index is 0.0735. The third kappa shape index (κ3) is 6.72. The van der Waals surface area contributed by atoms with Gasteiger partial charge in [0, 0.05) is 0 Å². The second-order valence-corrected chi connectivity index (χ2v) is 15.4. The van der Waals surface area contributed by atoms with E-state index in [4.69, 9.17) is 0 Å². The van der Waals surface area contributed by atoms with Gasteiger partial charge in [0.1, 0.15) is 0 Å². The summed E-state index contributed by atoms with van der Waals surface area (Å²) in [5.74, 6) is 0. The maximum Gasteiger partial charge on any atom is -0.00926 e. The minimum Gasteiger partial charge on any atom is -0.0622 e. The molecule has 0 atom stereocenters. The fraction of sp³-hybridized carbons (Fsp3) is 0.160. The van der Waals surface area contributed by atoms with E-state index in [1.165, 1.54) is 77.9 Å². The van der Waals surface area contributed by atoms with Gasteiger partial charge in [0.05, 0.1) is 0 Å². The second-order valence-electron chi connectivity index (χ2n) is 15.4. The van der Waals surface area contributed by atoms with Crippen molar-refractivity contribution in [3.05, 3.63) is 181 Å². The molecular weight excluding hydrogens is 601 g/mol. The normalized spacial score (nSPS) is 11.8. The van der Waals surface area contributed by atoms with Crippen molar-refractivity contribution in [2.75, 3.05) is 0 Å². The van der Waals surface area contributed by atoms with E-state index in [1.807, 2.05) is 0 Å². The third-order valence-corrected chi connectivity index (χ3v) is 9.89. The standard InChI is InChI=1S/C50H46/c1-49(2,3)39-29-25-37(26-30-39)45-33-48(44-24-16-14-22-42(44)36-19-11-8-12-20-36)46(38-27-31-40(32-28-38)50(4,5)6)34-47(45)43-23-15-13-21-41(43)35-17-9-7-10-18-35/h7-34H,1-6H3. The van der Waals surface area contributed by atoms with Crippen LogP contribution in [0.15, 0.2) is 170 Å². The van der Waals surface area contributed by atoms with Crippen LogP contribution in [0, 0.1) is 0 Å². The van der Waals surface area contributed by atoms with E-state index in [-0.39, 0.29) is 10.8 Å². The SMILES string of the molecule is CC(C)(C)c1ccc(-c2cc(-c3ccccc3-c3ccccc3)c(-c3ccc(C(C)(C)C)cc3)cc2-c2ccccc2-c2ccccc2)cc1. The zero-order valence-electron chi connectivity index (χ0n) is 30.2. The van der Waals surface area contributed by atoms with Gasteiger partial charge in [-0.25, -0.2) is 0 Å². The Bertz CT molecular complexity index is 2060. The second kappa shape index (κ2) is 13.4. The molecule has 0 heterocycles. The van der Waals surface area contributed by atoms with Gasteiger partial charge in [-0.15, -0.1) is 0 Å². The third-order valence-electron chi connectivity index (χ3n) is 9.89. The van der Waals surface area contributed by atoms with Crippen molar-refractivity contribution in [2.45, 2.75) is 52.4 Å². The molecule has 0 bridgehead atoms. The van der Waals surface area contributed by atoms with Crippen molar-refractivity contribution in [1.29, 1.82) is 0 Å². The van der Waals surface area contributed by atoms with Crippen molar-refractivity contribution < 1.29 is 0 Å². The summed E-state index contributed by atoms with van der Waals surface area (Å²) >= 11 is 0. The number of hydrogen-bond donors (Lipinski definition) is 0. The molecule has 0 aromatic heterocycles. The van der Waals surface area contributed by atoms with Crippen LogP contribution in [-0.4, -0.2) is 0 Å². The highest BCUT2D eigenvalue weighted by molar-refractivity contribution is 6.00. The Morgan fingerprint density at radius 2 is 0.520 bits per heavy atom. The quantitative estimate of drug-likeness (QED) is 0.169. The molecule has 0 radical (unpaired) electrons. The molecule has 0 amide bonds. The van der Waals surface area contributed by atoms with E-state index in [1.54, 1.807) is 0 Å². The van der Waals surface area contributed by atoms with Gasteiger partial charge in [-0.2, -0.15) is 0 Å². The zero-order chi connectivity index (χ0) is 34.9. The molecule has 0 spiro atoms. The van der Waals surface area contributed by atoms with Crippen LogP contribution in [0.25, 0.3) is 66.8 Å². The molecule has 0 fully saturated rings. The topological polar surface area (TPSA) is 0 Å². The van der Waals surface area contributed by atoms with Crippen LogP contribution >= 0.6 is 0 Å². The van der Waals surface area contributed by atoms with Gasteiger partial charge in [-0.1, -0.05) is 199 Å². The summed E-state index contributed by atoms with van der Waals surface area (Å²) in [4.78, 5) is 0. The first-order valence-electron chi connectivity index (χ1n) is 17.8. The molecule has 50 heavy (non-hydrogen) atoms. The number of hydrogen-bond acceptors (Lipinski definition) is 0. The maximum absolute atomic E-state index is 2.46. The van der Waals surface area contributed by atoms with Crippen LogP contribution in [0.3, 0.4) is 0 Å². The molecule has 0 aliphatic heterocycles. The largest absolute Gasteiger partial charge is 0.0622 e. The van der Waals surface area contributed by atoms with Crippen molar-refractivity contribution in [2.24, 2.45) is 0 Å². The summed E-state index contributed by atoms with van der Waals surface area (Å²) < 4.78 is 0. The van der Waals surface area contributed by atoms with Gasteiger partial charge < -0.3 is 0 Å². The van der Waals surface area contributed by atoms with Crippen molar-refractivity contribution in [3.8, 4) is 66.8 Å². The lowest BCUT2D eigenvalue weighted by Crippen LogP contribution is -2.10. The van der Waals surface area contributed by atoms with Crippen molar-refractivity contribution >= 4 is 0 Å². The smallest absolute Gasteiger partial charge is 0.00926 e. The van der Waals surface area contributed by atoms with Crippen LogP contribution in [0.5, 0.6) is 0 Å². The Labute approximate surface area is 299 Å². The van der Waals surface area contributed by atoms with E-state index in [0.29, 0.717) is 0 Å². The predicted octanol–water partition coefficient (Wildman–Crippen LogP) is 14.3. The average Bonchev–Trinajstić information content (AvgIpc) is 3.14. The molecule has 0 N–H and O–H groups in total. The van der Waals surface area contributed by atoms with Crippen LogP contribution in [0.2, 0.25) is 0 Å². The van der Waals surface area contributed by atoms with Crippen LogP contribution < -0.4 is 0 Å². The van der Waals surface area contributed by atoms with Gasteiger partial charge in [0.2, 0.25) is 0 Å². The Balaban J connectivity index is 1.56. The zero-order valence-corrected chi connectivity index (χ0v) is 30.2. The first-order chi connectivity index (χ1) is 24.1. The lowest BCUT2D eigenvalue weighted by Gasteiger charge is -2.23. The van der Waals surface area contributed by atoms with Crippen molar-refractivity contribution in [3.63, 3.8) is 0 Å². The molecule has 0 nitrogen and oxygen atoms in total. The van der Waals surface area contributed by atoms with E-state index < -0.39 is 0 Å². The van der Waals surface area contributed by atoms with Crippen LogP contribution in [-0.2, 0) is 10.8 Å². The summed E-state index contributed by atoms with van der Waals surface area (Å²) in [5, 5.41) is 0. The summed E-state index contributed by atoms with van der Waals surface area (Å²) in [5.41, 5.74) is 17.5. The molecule has 0 aliphatic rings.